The van der Waals surface area contributed by atoms with Gasteiger partial charge in [0.05, 0.1) is 12.0 Å². The van der Waals surface area contributed by atoms with E-state index in [2.05, 4.69) is 0 Å². The molecule has 0 aromatic heterocycles. The molecule has 1 aromatic carbocycles. The van der Waals surface area contributed by atoms with Crippen LogP contribution in [0.15, 0.2) is 18.2 Å². The van der Waals surface area contributed by atoms with Crippen LogP contribution in [0.5, 0.6) is 0 Å². The molecular formula is C14H20N2O2. The van der Waals surface area contributed by atoms with Crippen molar-refractivity contribution in [2.45, 2.75) is 25.9 Å². The molecule has 0 saturated carbocycles. The van der Waals surface area contributed by atoms with Crippen molar-refractivity contribution in [3.05, 3.63) is 23.8 Å². The standard InChI is InChI=1S/C14H20N2O2/c1-14(2,18)9-15(3)11-5-6-12-10(7-11)8-13(17)16(12)4/h5-7,18H,8-9H2,1-4H3. The van der Waals surface area contributed by atoms with Crippen LogP contribution in [0.25, 0.3) is 0 Å². The first-order valence-corrected chi connectivity index (χ1v) is 6.11. The SMILES string of the molecule is CN(CC(C)(C)O)c1ccc2c(c1)CC(=O)N2C. The smallest absolute Gasteiger partial charge is 0.231 e. The highest BCUT2D eigenvalue weighted by Crippen LogP contribution is 2.31. The van der Waals surface area contributed by atoms with Crippen LogP contribution in [0.2, 0.25) is 0 Å². The summed E-state index contributed by atoms with van der Waals surface area (Å²) in [4.78, 5) is 15.3. The largest absolute Gasteiger partial charge is 0.389 e. The van der Waals surface area contributed by atoms with Crippen molar-refractivity contribution >= 4 is 17.3 Å². The highest BCUT2D eigenvalue weighted by Gasteiger charge is 2.25. The number of amides is 1. The zero-order valence-corrected chi connectivity index (χ0v) is 11.4. The maximum Gasteiger partial charge on any atom is 0.231 e. The fraction of sp³-hybridized carbons (Fsp3) is 0.500. The summed E-state index contributed by atoms with van der Waals surface area (Å²) in [5.41, 5.74) is 2.34. The fourth-order valence-electron chi connectivity index (χ4n) is 2.37. The van der Waals surface area contributed by atoms with Gasteiger partial charge in [-0.1, -0.05) is 0 Å². The van der Waals surface area contributed by atoms with Gasteiger partial charge in [0.2, 0.25) is 5.91 Å². The van der Waals surface area contributed by atoms with Crippen LogP contribution in [0.1, 0.15) is 19.4 Å². The van der Waals surface area contributed by atoms with Crippen LogP contribution >= 0.6 is 0 Å². The number of aliphatic hydroxyl groups is 1. The molecule has 1 heterocycles. The number of likely N-dealkylation sites (N-methyl/N-ethyl adjacent to an activating group) is 2. The van der Waals surface area contributed by atoms with Gasteiger partial charge in [0.25, 0.3) is 0 Å². The average molecular weight is 248 g/mol. The molecule has 1 aliphatic heterocycles. The minimum atomic E-state index is -0.736. The minimum absolute atomic E-state index is 0.132. The molecule has 4 heteroatoms. The number of benzene rings is 1. The second-order valence-corrected chi connectivity index (χ2v) is 5.61. The van der Waals surface area contributed by atoms with Gasteiger partial charge in [0.15, 0.2) is 0 Å². The molecule has 1 aromatic rings. The molecule has 1 N–H and O–H groups in total. The molecule has 0 bridgehead atoms. The van der Waals surface area contributed by atoms with Crippen molar-refractivity contribution in [1.29, 1.82) is 0 Å². The first-order chi connectivity index (χ1) is 8.28. The number of hydrogen-bond acceptors (Lipinski definition) is 3. The molecule has 0 fully saturated rings. The first-order valence-electron chi connectivity index (χ1n) is 6.11. The monoisotopic (exact) mass is 248 g/mol. The predicted octanol–water partition coefficient (Wildman–Crippen LogP) is 1.41. The van der Waals surface area contributed by atoms with Gasteiger partial charge in [-0.15, -0.1) is 0 Å². The molecule has 0 aliphatic carbocycles. The lowest BCUT2D eigenvalue weighted by Crippen LogP contribution is -2.36. The van der Waals surface area contributed by atoms with E-state index in [4.69, 9.17) is 0 Å². The van der Waals surface area contributed by atoms with Gasteiger partial charge in [-0.2, -0.15) is 0 Å². The normalized spacial score (nSPS) is 14.9. The summed E-state index contributed by atoms with van der Waals surface area (Å²) in [5.74, 6) is 0.132. The molecule has 2 rings (SSSR count). The summed E-state index contributed by atoms with van der Waals surface area (Å²) >= 11 is 0. The highest BCUT2D eigenvalue weighted by molar-refractivity contribution is 6.01. The molecular weight excluding hydrogens is 228 g/mol. The van der Waals surface area contributed by atoms with E-state index < -0.39 is 5.60 Å². The zero-order valence-electron chi connectivity index (χ0n) is 11.4. The number of rotatable bonds is 3. The van der Waals surface area contributed by atoms with Crippen molar-refractivity contribution in [1.82, 2.24) is 0 Å². The quantitative estimate of drug-likeness (QED) is 0.879. The zero-order chi connectivity index (χ0) is 13.5. The van der Waals surface area contributed by atoms with E-state index in [1.165, 1.54) is 0 Å². The van der Waals surface area contributed by atoms with Crippen LogP contribution in [0.4, 0.5) is 11.4 Å². The van der Waals surface area contributed by atoms with E-state index in [9.17, 15) is 9.90 Å². The summed E-state index contributed by atoms with van der Waals surface area (Å²) in [7, 11) is 3.74. The van der Waals surface area contributed by atoms with Crippen LogP contribution in [-0.2, 0) is 11.2 Å². The van der Waals surface area contributed by atoms with Crippen LogP contribution in [-0.4, -0.2) is 37.3 Å². The maximum atomic E-state index is 11.6. The van der Waals surface area contributed by atoms with E-state index in [-0.39, 0.29) is 5.91 Å². The molecule has 0 saturated heterocycles. The number of nitrogens with zero attached hydrogens (tertiary/aromatic N) is 2. The van der Waals surface area contributed by atoms with E-state index in [1.807, 2.05) is 30.1 Å². The second kappa shape index (κ2) is 4.28. The van der Waals surface area contributed by atoms with Crippen LogP contribution in [0.3, 0.4) is 0 Å². The van der Waals surface area contributed by atoms with Crippen molar-refractivity contribution in [3.8, 4) is 0 Å². The third-order valence-electron chi connectivity index (χ3n) is 3.21. The van der Waals surface area contributed by atoms with Crippen LogP contribution < -0.4 is 9.80 Å². The second-order valence-electron chi connectivity index (χ2n) is 5.61. The lowest BCUT2D eigenvalue weighted by atomic mass is 10.1. The van der Waals surface area contributed by atoms with E-state index >= 15 is 0 Å². The summed E-state index contributed by atoms with van der Waals surface area (Å²) in [5, 5.41) is 9.82. The molecule has 0 unspecified atom stereocenters. The van der Waals surface area contributed by atoms with Gasteiger partial charge in [-0.25, -0.2) is 0 Å². The van der Waals surface area contributed by atoms with Gasteiger partial charge in [0.1, 0.15) is 0 Å². The Balaban J connectivity index is 2.23. The molecule has 1 amide bonds. The third-order valence-corrected chi connectivity index (χ3v) is 3.21. The van der Waals surface area contributed by atoms with E-state index in [0.29, 0.717) is 13.0 Å². The Bertz CT molecular complexity index is 477. The number of fused-ring (bicyclic) bond motifs is 1. The summed E-state index contributed by atoms with van der Waals surface area (Å²) in [6.07, 6.45) is 0.468. The number of hydrogen-bond donors (Lipinski definition) is 1. The molecule has 0 radical (unpaired) electrons. The third kappa shape index (κ3) is 2.48. The Morgan fingerprint density at radius 3 is 2.72 bits per heavy atom. The summed E-state index contributed by atoms with van der Waals surface area (Å²) < 4.78 is 0. The number of carbonyl (C=O) groups excluding carboxylic acids is 1. The minimum Gasteiger partial charge on any atom is -0.389 e. The Morgan fingerprint density at radius 1 is 1.44 bits per heavy atom. The Kier molecular flexibility index (Phi) is 3.07. The average Bonchev–Trinajstić information content (AvgIpc) is 2.52. The Labute approximate surface area is 108 Å². The van der Waals surface area contributed by atoms with Gasteiger partial charge in [-0.3, -0.25) is 4.79 Å². The maximum absolute atomic E-state index is 11.6. The van der Waals surface area contributed by atoms with Crippen LogP contribution in [0, 0.1) is 0 Å². The Morgan fingerprint density at radius 2 is 2.11 bits per heavy atom. The van der Waals surface area contributed by atoms with Crippen molar-refractivity contribution < 1.29 is 9.90 Å². The number of anilines is 2. The molecule has 0 spiro atoms. The summed E-state index contributed by atoms with van der Waals surface area (Å²) in [6, 6.07) is 5.98. The first kappa shape index (κ1) is 12.9. The van der Waals surface area contributed by atoms with E-state index in [0.717, 1.165) is 16.9 Å². The molecule has 1 aliphatic rings. The molecule has 98 valence electrons. The van der Waals surface area contributed by atoms with Crippen molar-refractivity contribution in [2.75, 3.05) is 30.4 Å². The summed E-state index contributed by atoms with van der Waals surface area (Å²) in [6.45, 7) is 4.12. The van der Waals surface area contributed by atoms with Gasteiger partial charge in [-0.05, 0) is 37.6 Å². The van der Waals surface area contributed by atoms with Crippen molar-refractivity contribution in [3.63, 3.8) is 0 Å². The molecule has 4 nitrogen and oxygen atoms in total. The van der Waals surface area contributed by atoms with Gasteiger partial charge < -0.3 is 14.9 Å². The molecule has 18 heavy (non-hydrogen) atoms. The highest BCUT2D eigenvalue weighted by atomic mass is 16.3. The lowest BCUT2D eigenvalue weighted by molar-refractivity contribution is -0.117. The number of carbonyl (C=O) groups is 1. The fourth-order valence-corrected chi connectivity index (χ4v) is 2.37. The van der Waals surface area contributed by atoms with Gasteiger partial charge >= 0.3 is 0 Å². The van der Waals surface area contributed by atoms with E-state index in [1.54, 1.807) is 25.8 Å². The lowest BCUT2D eigenvalue weighted by Gasteiger charge is -2.27. The predicted molar refractivity (Wildman–Crippen MR) is 73.1 cm³/mol. The molecule has 0 atom stereocenters. The van der Waals surface area contributed by atoms with Gasteiger partial charge in [0, 0.05) is 32.0 Å². The topological polar surface area (TPSA) is 43.8 Å². The van der Waals surface area contributed by atoms with Crippen molar-refractivity contribution in [2.24, 2.45) is 0 Å². The Hall–Kier alpha value is -1.55.